The second kappa shape index (κ2) is 6.08. The fourth-order valence-electron chi connectivity index (χ4n) is 4.30. The lowest BCUT2D eigenvalue weighted by molar-refractivity contribution is -0.0444. The lowest BCUT2D eigenvalue weighted by Crippen LogP contribution is -2.54. The van der Waals surface area contributed by atoms with E-state index in [1.54, 1.807) is 7.11 Å². The Morgan fingerprint density at radius 2 is 2.38 bits per heavy atom. The molecule has 24 heavy (non-hydrogen) atoms. The quantitative estimate of drug-likeness (QED) is 0.879. The van der Waals surface area contributed by atoms with Crippen molar-refractivity contribution >= 4 is 10.9 Å². The lowest BCUT2D eigenvalue weighted by atomic mass is 9.73. The molecule has 2 aromatic rings. The molecule has 0 amide bonds. The van der Waals surface area contributed by atoms with Gasteiger partial charge in [-0.3, -0.25) is 4.90 Å². The molecule has 3 aliphatic heterocycles. The minimum Gasteiger partial charge on any atom is -0.497 e. The zero-order valence-corrected chi connectivity index (χ0v) is 13.9. The van der Waals surface area contributed by atoms with Crippen LogP contribution in [-0.2, 0) is 0 Å². The van der Waals surface area contributed by atoms with Crippen LogP contribution in [0.2, 0.25) is 0 Å². The first-order chi connectivity index (χ1) is 11.7. The summed E-state index contributed by atoms with van der Waals surface area (Å²) < 4.78 is 5.33. The molecule has 4 heterocycles. The van der Waals surface area contributed by atoms with Crippen molar-refractivity contribution in [1.82, 2.24) is 9.88 Å². The van der Waals surface area contributed by atoms with Gasteiger partial charge >= 0.3 is 0 Å². The number of aromatic nitrogens is 1. The van der Waals surface area contributed by atoms with Gasteiger partial charge in [0.2, 0.25) is 0 Å². The van der Waals surface area contributed by atoms with E-state index >= 15 is 0 Å². The molecule has 3 aliphatic rings. The zero-order chi connectivity index (χ0) is 16.7. The number of aliphatic hydroxyl groups excluding tert-OH is 1. The van der Waals surface area contributed by atoms with Gasteiger partial charge in [-0.1, -0.05) is 6.08 Å². The van der Waals surface area contributed by atoms with Crippen LogP contribution in [0.4, 0.5) is 0 Å². The van der Waals surface area contributed by atoms with Gasteiger partial charge < -0.3 is 9.84 Å². The van der Waals surface area contributed by atoms with Gasteiger partial charge in [-0.15, -0.1) is 6.58 Å². The summed E-state index contributed by atoms with van der Waals surface area (Å²) in [6, 6.07) is 8.88. The van der Waals surface area contributed by atoms with Crippen molar-refractivity contribution in [3.63, 3.8) is 0 Å². The zero-order valence-electron chi connectivity index (χ0n) is 13.9. The average Bonchev–Trinajstić information content (AvgIpc) is 2.66. The molecule has 1 aromatic carbocycles. The van der Waals surface area contributed by atoms with E-state index in [0.717, 1.165) is 41.7 Å². The average molecular weight is 322 g/mol. The fraction of sp³-hybridized carbons (Fsp3) is 0.450. The summed E-state index contributed by atoms with van der Waals surface area (Å²) in [5.41, 5.74) is 1.58. The maximum absolute atomic E-state index is 11.1. The number of piperidine rings is 3. The van der Waals surface area contributed by atoms with Gasteiger partial charge in [-0.2, -0.15) is 4.98 Å². The summed E-state index contributed by atoms with van der Waals surface area (Å²) in [6.07, 6.45) is 6.49. The Labute approximate surface area is 142 Å². The van der Waals surface area contributed by atoms with Gasteiger partial charge in [0.1, 0.15) is 11.9 Å². The topological polar surface area (TPSA) is 45.6 Å². The summed E-state index contributed by atoms with van der Waals surface area (Å²) in [5.74, 6) is 1.93. The van der Waals surface area contributed by atoms with Crippen molar-refractivity contribution in [2.75, 3.05) is 20.2 Å². The minimum atomic E-state index is -0.590. The first-order valence-corrected chi connectivity index (χ1v) is 8.53. The Balaban J connectivity index is 1.69. The molecule has 0 aliphatic carbocycles. The Bertz CT molecular complexity index is 760. The van der Waals surface area contributed by atoms with E-state index in [0.29, 0.717) is 11.8 Å². The smallest absolute Gasteiger partial charge is 0.119 e. The van der Waals surface area contributed by atoms with Gasteiger partial charge in [0, 0.05) is 29.7 Å². The van der Waals surface area contributed by atoms with E-state index in [2.05, 4.69) is 34.8 Å². The van der Waals surface area contributed by atoms with E-state index in [1.165, 1.54) is 6.42 Å². The highest BCUT2D eigenvalue weighted by Gasteiger charge is 2.42. The Morgan fingerprint density at radius 1 is 1.50 bits per heavy atom. The summed E-state index contributed by atoms with van der Waals surface area (Å²) in [6.45, 7) is 6.01. The van der Waals surface area contributed by atoms with Gasteiger partial charge in [0.25, 0.3) is 0 Å². The Hall–Kier alpha value is -2.09. The lowest BCUT2D eigenvalue weighted by Gasteiger charge is -2.50. The number of fused-ring (bicyclic) bond motifs is 4. The molecule has 0 saturated carbocycles. The van der Waals surface area contributed by atoms with Gasteiger partial charge in [0.05, 0.1) is 12.6 Å². The van der Waals surface area contributed by atoms with Crippen molar-refractivity contribution in [2.24, 2.45) is 11.8 Å². The summed E-state index contributed by atoms with van der Waals surface area (Å²) in [7, 11) is 1.64. The van der Waals surface area contributed by atoms with Gasteiger partial charge in [0.15, 0.2) is 0 Å². The first-order valence-electron chi connectivity index (χ1n) is 8.53. The highest BCUT2D eigenvalue weighted by Crippen LogP contribution is 2.41. The molecule has 1 N–H and O–H groups in total. The van der Waals surface area contributed by atoms with Crippen molar-refractivity contribution in [1.29, 1.82) is 0 Å². The molecule has 0 radical (unpaired) electrons. The van der Waals surface area contributed by atoms with E-state index in [1.807, 2.05) is 18.2 Å². The Morgan fingerprint density at radius 3 is 3.08 bits per heavy atom. The fourth-order valence-corrected chi connectivity index (χ4v) is 4.30. The van der Waals surface area contributed by atoms with E-state index in [4.69, 9.17) is 4.74 Å². The second-order valence-corrected chi connectivity index (χ2v) is 6.84. The molecule has 4 heteroatoms. The molecular formula is C20H22N2O2. The number of rotatable bonds is 4. The largest absolute Gasteiger partial charge is 0.497 e. The minimum absolute atomic E-state index is 0.126. The van der Waals surface area contributed by atoms with Crippen LogP contribution in [0.25, 0.3) is 10.9 Å². The van der Waals surface area contributed by atoms with Crippen LogP contribution in [-0.4, -0.2) is 41.2 Å². The Kier molecular flexibility index (Phi) is 3.91. The molecule has 124 valence electrons. The predicted octanol–water partition coefficient (Wildman–Crippen LogP) is 2.77. The molecule has 2 bridgehead atoms. The number of aliphatic hydroxyl groups is 1. The predicted molar refractivity (Wildman–Crippen MR) is 92.7 cm³/mol. The maximum atomic E-state index is 11.1. The van der Waals surface area contributed by atoms with E-state index in [9.17, 15) is 5.11 Å². The highest BCUT2D eigenvalue weighted by atomic mass is 16.5. The van der Waals surface area contributed by atoms with E-state index in [-0.39, 0.29) is 6.04 Å². The first kappa shape index (κ1) is 15.4. The van der Waals surface area contributed by atoms with Gasteiger partial charge in [-0.05, 0) is 55.5 Å². The number of hydrogen-bond donors (Lipinski definition) is 1. The normalized spacial score (nSPS) is 29.9. The molecule has 0 spiro atoms. The number of nitrogens with zero attached hydrogens (tertiary/aromatic N) is 2. The number of methoxy groups -OCH3 is 1. The molecule has 1 aromatic heterocycles. The van der Waals surface area contributed by atoms with Crippen LogP contribution >= 0.6 is 0 Å². The van der Waals surface area contributed by atoms with Crippen LogP contribution in [0.15, 0.2) is 30.9 Å². The van der Waals surface area contributed by atoms with Crippen LogP contribution in [0.1, 0.15) is 24.5 Å². The molecule has 4 nitrogen and oxygen atoms in total. The number of ether oxygens (including phenoxy) is 1. The molecule has 4 unspecified atom stereocenters. The summed E-state index contributed by atoms with van der Waals surface area (Å²) in [5, 5.41) is 12.0. The monoisotopic (exact) mass is 322 g/mol. The molecule has 3 fully saturated rings. The third kappa shape index (κ3) is 2.45. The molecule has 3 saturated heterocycles. The number of hydrogen-bond acceptors (Lipinski definition) is 4. The third-order valence-electron chi connectivity index (χ3n) is 5.67. The SMILES string of the molecule is C=CC1CN2CCC1CC2[C@H](O)c1c#cnc2ccc(OC)cc12. The molecule has 5 atom stereocenters. The third-order valence-corrected chi connectivity index (χ3v) is 5.67. The van der Waals surface area contributed by atoms with Crippen LogP contribution in [0.5, 0.6) is 5.75 Å². The molecule has 5 rings (SSSR count). The van der Waals surface area contributed by atoms with Crippen molar-refractivity contribution < 1.29 is 9.84 Å². The van der Waals surface area contributed by atoms with Crippen LogP contribution in [0.3, 0.4) is 0 Å². The van der Waals surface area contributed by atoms with Gasteiger partial charge in [-0.25, -0.2) is 0 Å². The van der Waals surface area contributed by atoms with Crippen molar-refractivity contribution in [3.05, 3.63) is 48.7 Å². The van der Waals surface area contributed by atoms with Crippen molar-refractivity contribution in [2.45, 2.75) is 25.0 Å². The number of benzene rings is 1. The standard InChI is InChI=1S/C20H22N2O2/c1-3-13-12-22-9-7-14(13)10-19(22)20(23)16-6-8-21-18-5-4-15(24-2)11-17(16)18/h3-5,11,13-14,19-20,23H,1,7,9-10,12H2,2H3/t13?,14?,19?,20-/m1/s1. The maximum Gasteiger partial charge on any atom is 0.119 e. The summed E-state index contributed by atoms with van der Waals surface area (Å²) in [4.78, 5) is 6.64. The second-order valence-electron chi connectivity index (χ2n) is 6.84. The van der Waals surface area contributed by atoms with Crippen LogP contribution < -0.4 is 4.74 Å². The summed E-state index contributed by atoms with van der Waals surface area (Å²) >= 11 is 0. The van der Waals surface area contributed by atoms with Crippen molar-refractivity contribution in [3.8, 4) is 5.75 Å². The molecular weight excluding hydrogens is 300 g/mol. The highest BCUT2D eigenvalue weighted by molar-refractivity contribution is 5.83. The van der Waals surface area contributed by atoms with Crippen LogP contribution in [0, 0.1) is 24.1 Å². The van der Waals surface area contributed by atoms with E-state index < -0.39 is 6.10 Å².